The van der Waals surface area contributed by atoms with E-state index in [9.17, 15) is 0 Å². The lowest BCUT2D eigenvalue weighted by Gasteiger charge is -2.32. The van der Waals surface area contributed by atoms with Crippen molar-refractivity contribution in [3.05, 3.63) is 35.0 Å². The minimum atomic E-state index is -0.407. The van der Waals surface area contributed by atoms with Crippen LogP contribution in [-0.2, 0) is 18.5 Å². The largest absolute Gasteiger partial charge is 0.497 e. The molecule has 0 bridgehead atoms. The standard InChI is InChI=1S/C17H23N3O/c1-17(2,18)16-12-9-11(21-4)5-6-14(12)19-15-7-8-20(3)10-13(15)16/h5-6,9H,7-8,10,18H2,1-4H3. The van der Waals surface area contributed by atoms with E-state index in [4.69, 9.17) is 15.5 Å². The third-order valence-electron chi connectivity index (χ3n) is 4.18. The summed E-state index contributed by atoms with van der Waals surface area (Å²) in [5, 5.41) is 1.11. The fourth-order valence-corrected chi connectivity index (χ4v) is 3.22. The van der Waals surface area contributed by atoms with E-state index in [-0.39, 0.29) is 0 Å². The van der Waals surface area contributed by atoms with Gasteiger partial charge in [-0.2, -0.15) is 0 Å². The van der Waals surface area contributed by atoms with Gasteiger partial charge < -0.3 is 15.4 Å². The number of benzene rings is 1. The number of fused-ring (bicyclic) bond motifs is 2. The number of nitrogens with zero attached hydrogens (tertiary/aromatic N) is 2. The van der Waals surface area contributed by atoms with Crippen LogP contribution in [0.2, 0.25) is 0 Å². The van der Waals surface area contributed by atoms with E-state index in [1.165, 1.54) is 16.8 Å². The molecule has 112 valence electrons. The van der Waals surface area contributed by atoms with Crippen LogP contribution in [0.25, 0.3) is 10.9 Å². The minimum absolute atomic E-state index is 0.407. The Bertz CT molecular complexity index is 688. The molecular formula is C17H23N3O. The highest BCUT2D eigenvalue weighted by Crippen LogP contribution is 2.35. The fourth-order valence-electron chi connectivity index (χ4n) is 3.22. The van der Waals surface area contributed by atoms with Crippen LogP contribution < -0.4 is 10.5 Å². The summed E-state index contributed by atoms with van der Waals surface area (Å²) in [7, 11) is 3.83. The molecule has 1 aliphatic rings. The Hall–Kier alpha value is -1.65. The first-order chi connectivity index (χ1) is 9.90. The number of methoxy groups -OCH3 is 1. The molecule has 0 atom stereocenters. The molecule has 0 amide bonds. The summed E-state index contributed by atoms with van der Waals surface area (Å²) < 4.78 is 5.38. The molecule has 0 radical (unpaired) electrons. The summed E-state index contributed by atoms with van der Waals surface area (Å²) in [6.45, 7) is 6.09. The van der Waals surface area contributed by atoms with Crippen molar-refractivity contribution >= 4 is 10.9 Å². The highest BCUT2D eigenvalue weighted by atomic mass is 16.5. The van der Waals surface area contributed by atoms with Crippen molar-refractivity contribution in [1.29, 1.82) is 0 Å². The summed E-state index contributed by atoms with van der Waals surface area (Å²) in [5.41, 5.74) is 10.8. The van der Waals surface area contributed by atoms with Gasteiger partial charge in [-0.25, -0.2) is 0 Å². The molecule has 3 rings (SSSR count). The van der Waals surface area contributed by atoms with E-state index in [2.05, 4.69) is 31.9 Å². The maximum absolute atomic E-state index is 6.50. The van der Waals surface area contributed by atoms with Crippen molar-refractivity contribution in [2.45, 2.75) is 32.4 Å². The van der Waals surface area contributed by atoms with Gasteiger partial charge in [0.2, 0.25) is 0 Å². The maximum Gasteiger partial charge on any atom is 0.119 e. The van der Waals surface area contributed by atoms with Crippen LogP contribution >= 0.6 is 0 Å². The highest BCUT2D eigenvalue weighted by Gasteiger charge is 2.27. The molecule has 0 spiro atoms. The normalized spacial score (nSPS) is 16.0. The maximum atomic E-state index is 6.50. The molecule has 4 heteroatoms. The molecule has 2 N–H and O–H groups in total. The number of likely N-dealkylation sites (N-methyl/N-ethyl adjacent to an activating group) is 1. The topological polar surface area (TPSA) is 51.4 Å². The minimum Gasteiger partial charge on any atom is -0.497 e. The summed E-state index contributed by atoms with van der Waals surface area (Å²) in [6.07, 6.45) is 0.983. The summed E-state index contributed by atoms with van der Waals surface area (Å²) in [5.74, 6) is 0.846. The Morgan fingerprint density at radius 2 is 2.10 bits per heavy atom. The summed E-state index contributed by atoms with van der Waals surface area (Å²) in [4.78, 5) is 7.19. The summed E-state index contributed by atoms with van der Waals surface area (Å²) >= 11 is 0. The van der Waals surface area contributed by atoms with Crippen LogP contribution in [0.15, 0.2) is 18.2 Å². The number of pyridine rings is 1. The molecule has 0 aliphatic carbocycles. The molecular weight excluding hydrogens is 262 g/mol. The second-order valence-corrected chi connectivity index (χ2v) is 6.50. The lowest BCUT2D eigenvalue weighted by atomic mass is 9.85. The zero-order valence-corrected chi connectivity index (χ0v) is 13.2. The first-order valence-electron chi connectivity index (χ1n) is 7.37. The second kappa shape index (κ2) is 4.97. The molecule has 4 nitrogen and oxygen atoms in total. The molecule has 2 heterocycles. The van der Waals surface area contributed by atoms with Crippen LogP contribution in [0, 0.1) is 0 Å². The zero-order valence-electron chi connectivity index (χ0n) is 13.2. The molecule has 1 aliphatic heterocycles. The second-order valence-electron chi connectivity index (χ2n) is 6.50. The first kappa shape index (κ1) is 14.3. The number of ether oxygens (including phenoxy) is 1. The predicted octanol–water partition coefficient (Wildman–Crippen LogP) is 2.43. The quantitative estimate of drug-likeness (QED) is 0.920. The van der Waals surface area contributed by atoms with Crippen LogP contribution in [0.1, 0.15) is 30.7 Å². The number of hydrogen-bond donors (Lipinski definition) is 1. The zero-order chi connectivity index (χ0) is 15.2. The van der Waals surface area contributed by atoms with Gasteiger partial charge in [-0.3, -0.25) is 4.98 Å². The average molecular weight is 285 g/mol. The van der Waals surface area contributed by atoms with Gasteiger partial charge in [0.15, 0.2) is 0 Å². The van der Waals surface area contributed by atoms with Gasteiger partial charge in [0, 0.05) is 36.1 Å². The van der Waals surface area contributed by atoms with Gasteiger partial charge in [-0.1, -0.05) is 0 Å². The van der Waals surface area contributed by atoms with Crippen LogP contribution in [0.3, 0.4) is 0 Å². The van der Waals surface area contributed by atoms with Crippen LogP contribution in [-0.4, -0.2) is 30.6 Å². The summed E-state index contributed by atoms with van der Waals surface area (Å²) in [6, 6.07) is 6.05. The molecule has 21 heavy (non-hydrogen) atoms. The number of aromatic nitrogens is 1. The number of rotatable bonds is 2. The lowest BCUT2D eigenvalue weighted by Crippen LogP contribution is -2.35. The predicted molar refractivity (Wildman–Crippen MR) is 85.5 cm³/mol. The van der Waals surface area contributed by atoms with Crippen molar-refractivity contribution in [3.8, 4) is 5.75 Å². The van der Waals surface area contributed by atoms with Gasteiger partial charge in [-0.05, 0) is 50.2 Å². The Balaban J connectivity index is 2.36. The molecule has 1 aromatic heterocycles. The third-order valence-corrected chi connectivity index (χ3v) is 4.18. The van der Waals surface area contributed by atoms with E-state index >= 15 is 0 Å². The van der Waals surface area contributed by atoms with Crippen molar-refractivity contribution in [3.63, 3.8) is 0 Å². The number of hydrogen-bond acceptors (Lipinski definition) is 4. The van der Waals surface area contributed by atoms with E-state index in [1.807, 2.05) is 12.1 Å². The van der Waals surface area contributed by atoms with E-state index in [0.717, 1.165) is 36.2 Å². The van der Waals surface area contributed by atoms with E-state index in [0.29, 0.717) is 0 Å². The molecule has 0 saturated carbocycles. The van der Waals surface area contributed by atoms with Crippen LogP contribution in [0.4, 0.5) is 0 Å². The highest BCUT2D eigenvalue weighted by molar-refractivity contribution is 5.86. The average Bonchev–Trinajstić information content (AvgIpc) is 2.42. The van der Waals surface area contributed by atoms with Gasteiger partial charge >= 0.3 is 0 Å². The lowest BCUT2D eigenvalue weighted by molar-refractivity contribution is 0.306. The third kappa shape index (κ3) is 2.49. The molecule has 0 fully saturated rings. The van der Waals surface area contributed by atoms with Crippen molar-refractivity contribution in [2.75, 3.05) is 20.7 Å². The Morgan fingerprint density at radius 1 is 1.33 bits per heavy atom. The van der Waals surface area contributed by atoms with E-state index < -0.39 is 5.54 Å². The van der Waals surface area contributed by atoms with Gasteiger partial charge in [0.25, 0.3) is 0 Å². The van der Waals surface area contributed by atoms with Gasteiger partial charge in [0.1, 0.15) is 5.75 Å². The van der Waals surface area contributed by atoms with Gasteiger partial charge in [0.05, 0.1) is 12.6 Å². The molecule has 2 aromatic rings. The molecule has 0 saturated heterocycles. The molecule has 0 unspecified atom stereocenters. The Morgan fingerprint density at radius 3 is 2.76 bits per heavy atom. The van der Waals surface area contributed by atoms with Crippen molar-refractivity contribution in [2.24, 2.45) is 5.73 Å². The first-order valence-corrected chi connectivity index (χ1v) is 7.37. The van der Waals surface area contributed by atoms with Crippen molar-refractivity contribution < 1.29 is 4.74 Å². The smallest absolute Gasteiger partial charge is 0.119 e. The fraction of sp³-hybridized carbons (Fsp3) is 0.471. The Labute approximate surface area is 125 Å². The van der Waals surface area contributed by atoms with Crippen molar-refractivity contribution in [1.82, 2.24) is 9.88 Å². The molecule has 1 aromatic carbocycles. The van der Waals surface area contributed by atoms with Crippen LogP contribution in [0.5, 0.6) is 5.75 Å². The Kier molecular flexibility index (Phi) is 3.38. The SMILES string of the molecule is COc1ccc2nc3c(c(C(C)(C)N)c2c1)CN(C)CC3. The number of nitrogens with two attached hydrogens (primary N) is 1. The monoisotopic (exact) mass is 285 g/mol. The van der Waals surface area contributed by atoms with Gasteiger partial charge in [-0.15, -0.1) is 0 Å². The van der Waals surface area contributed by atoms with E-state index in [1.54, 1.807) is 7.11 Å².